The molecule has 5 heteroatoms. The van der Waals surface area contributed by atoms with Crippen LogP contribution in [0.15, 0.2) is 10.7 Å². The molecule has 0 fully saturated rings. The molecule has 0 spiro atoms. The van der Waals surface area contributed by atoms with Crippen LogP contribution in [0.25, 0.3) is 11.6 Å². The molecule has 5 nitrogen and oxygen atoms in total. The summed E-state index contributed by atoms with van der Waals surface area (Å²) < 4.78 is 5.26. The highest BCUT2D eigenvalue weighted by atomic mass is 16.3. The van der Waals surface area contributed by atoms with Crippen LogP contribution in [-0.2, 0) is 0 Å². The van der Waals surface area contributed by atoms with Gasteiger partial charge in [-0.3, -0.25) is 9.59 Å². The minimum atomic E-state index is -0.0369. The first-order valence-corrected chi connectivity index (χ1v) is 5.71. The van der Waals surface area contributed by atoms with Crippen LogP contribution in [0.2, 0.25) is 0 Å². The zero-order valence-corrected chi connectivity index (χ0v) is 10.5. The molecule has 0 atom stereocenters. The highest BCUT2D eigenvalue weighted by molar-refractivity contribution is 6.00. The van der Waals surface area contributed by atoms with Gasteiger partial charge in [0.1, 0.15) is 12.0 Å². The minimum Gasteiger partial charge on any atom is -0.443 e. The second-order valence-corrected chi connectivity index (χ2v) is 4.10. The molecule has 0 unspecified atom stereocenters. The van der Waals surface area contributed by atoms with Crippen molar-refractivity contribution in [1.29, 1.82) is 0 Å². The molecule has 94 valence electrons. The van der Waals surface area contributed by atoms with Crippen molar-refractivity contribution >= 4 is 12.1 Å². The van der Waals surface area contributed by atoms with E-state index in [2.05, 4.69) is 9.97 Å². The van der Waals surface area contributed by atoms with E-state index in [1.54, 1.807) is 20.8 Å². The number of hydrogen-bond acceptors (Lipinski definition) is 4. The van der Waals surface area contributed by atoms with Gasteiger partial charge >= 0.3 is 0 Å². The monoisotopic (exact) mass is 246 g/mol. The number of carbonyl (C=O) groups is 2. The number of oxazole rings is 1. The molecule has 0 bridgehead atoms. The third-order valence-corrected chi connectivity index (χ3v) is 2.85. The molecule has 0 aromatic carbocycles. The summed E-state index contributed by atoms with van der Waals surface area (Å²) in [5, 5.41) is 0. The SMILES string of the molecule is CCC(=O)c1[nH]c(-c2nc(C)co2)c(C=O)c1C. The standard InChI is InChI=1S/C13H14N2O3/c1-4-10(17)11-8(3)9(5-16)12(15-11)13-14-7(2)6-18-13/h5-6,15H,4H2,1-3H3. The van der Waals surface area contributed by atoms with Crippen molar-refractivity contribution < 1.29 is 14.0 Å². The number of H-pyrrole nitrogens is 1. The maximum atomic E-state index is 11.8. The van der Waals surface area contributed by atoms with Crippen LogP contribution in [-0.4, -0.2) is 22.0 Å². The van der Waals surface area contributed by atoms with Gasteiger partial charge in [-0.1, -0.05) is 6.92 Å². The van der Waals surface area contributed by atoms with Crippen LogP contribution in [0.4, 0.5) is 0 Å². The number of hydrogen-bond donors (Lipinski definition) is 1. The minimum absolute atomic E-state index is 0.0369. The number of nitrogens with zero attached hydrogens (tertiary/aromatic N) is 1. The largest absolute Gasteiger partial charge is 0.443 e. The molecule has 2 aromatic heterocycles. The normalized spacial score (nSPS) is 10.6. The first-order chi connectivity index (χ1) is 8.58. The molecule has 0 saturated carbocycles. The third-order valence-electron chi connectivity index (χ3n) is 2.85. The molecule has 0 aliphatic heterocycles. The number of carbonyl (C=O) groups excluding carboxylic acids is 2. The second-order valence-electron chi connectivity index (χ2n) is 4.10. The number of aromatic amines is 1. The molecule has 1 N–H and O–H groups in total. The van der Waals surface area contributed by atoms with Gasteiger partial charge in [0.25, 0.3) is 0 Å². The quantitative estimate of drug-likeness (QED) is 0.664. The van der Waals surface area contributed by atoms with Crippen molar-refractivity contribution in [3.63, 3.8) is 0 Å². The van der Waals surface area contributed by atoms with Crippen LogP contribution in [0.1, 0.15) is 45.4 Å². The Balaban J connectivity index is 2.61. The zero-order valence-electron chi connectivity index (χ0n) is 10.5. The first kappa shape index (κ1) is 12.3. The van der Waals surface area contributed by atoms with Gasteiger partial charge in [-0.15, -0.1) is 0 Å². The van der Waals surface area contributed by atoms with Crippen molar-refractivity contribution in [2.75, 3.05) is 0 Å². The number of aldehydes is 1. The number of nitrogens with one attached hydrogen (secondary N) is 1. The van der Waals surface area contributed by atoms with E-state index >= 15 is 0 Å². The van der Waals surface area contributed by atoms with Crippen molar-refractivity contribution in [3.8, 4) is 11.6 Å². The molecule has 18 heavy (non-hydrogen) atoms. The highest BCUT2D eigenvalue weighted by Gasteiger charge is 2.21. The van der Waals surface area contributed by atoms with E-state index in [4.69, 9.17) is 4.42 Å². The Kier molecular flexibility index (Phi) is 3.14. The Bertz CT molecular complexity index is 608. The fourth-order valence-electron chi connectivity index (χ4n) is 1.85. The van der Waals surface area contributed by atoms with E-state index in [0.29, 0.717) is 41.1 Å². The summed E-state index contributed by atoms with van der Waals surface area (Å²) in [6.07, 6.45) is 2.60. The van der Waals surface area contributed by atoms with Gasteiger partial charge in [-0.05, 0) is 19.4 Å². The first-order valence-electron chi connectivity index (χ1n) is 5.71. The number of ketones is 1. The van der Waals surface area contributed by atoms with E-state index in [1.165, 1.54) is 6.26 Å². The lowest BCUT2D eigenvalue weighted by Crippen LogP contribution is -1.99. The smallest absolute Gasteiger partial charge is 0.243 e. The Morgan fingerprint density at radius 1 is 1.50 bits per heavy atom. The summed E-state index contributed by atoms with van der Waals surface area (Å²) in [7, 11) is 0. The van der Waals surface area contributed by atoms with E-state index in [9.17, 15) is 9.59 Å². The third kappa shape index (κ3) is 1.88. The number of aryl methyl sites for hydroxylation is 1. The lowest BCUT2D eigenvalue weighted by atomic mass is 10.1. The Morgan fingerprint density at radius 2 is 2.22 bits per heavy atom. The van der Waals surface area contributed by atoms with Crippen LogP contribution in [0.5, 0.6) is 0 Å². The van der Waals surface area contributed by atoms with Crippen molar-refractivity contribution in [2.45, 2.75) is 27.2 Å². The average molecular weight is 246 g/mol. The van der Waals surface area contributed by atoms with Crippen LogP contribution >= 0.6 is 0 Å². The lowest BCUT2D eigenvalue weighted by molar-refractivity contribution is 0.0983. The maximum Gasteiger partial charge on any atom is 0.243 e. The Hall–Kier alpha value is -2.17. The van der Waals surface area contributed by atoms with Gasteiger partial charge in [0.05, 0.1) is 11.4 Å². The molecule has 2 aromatic rings. The molecule has 0 amide bonds. The van der Waals surface area contributed by atoms with Gasteiger partial charge in [-0.2, -0.15) is 0 Å². The molecular formula is C13H14N2O3. The fraction of sp³-hybridized carbons (Fsp3) is 0.308. The van der Waals surface area contributed by atoms with Gasteiger partial charge in [-0.25, -0.2) is 4.98 Å². The maximum absolute atomic E-state index is 11.8. The molecule has 2 rings (SSSR count). The summed E-state index contributed by atoms with van der Waals surface area (Å²) in [4.78, 5) is 30.0. The van der Waals surface area contributed by atoms with E-state index in [1.807, 2.05) is 0 Å². The van der Waals surface area contributed by atoms with Crippen LogP contribution in [0, 0.1) is 13.8 Å². The Morgan fingerprint density at radius 3 is 2.72 bits per heavy atom. The van der Waals surface area contributed by atoms with Crippen molar-refractivity contribution in [3.05, 3.63) is 28.8 Å². The predicted octanol–water partition coefficient (Wildman–Crippen LogP) is 2.69. The summed E-state index contributed by atoms with van der Waals surface area (Å²) in [6, 6.07) is 0. The number of Topliss-reactive ketones (excluding diaryl/α,β-unsaturated/α-hetero) is 1. The summed E-state index contributed by atoms with van der Waals surface area (Å²) in [5.41, 5.74) is 2.70. The van der Waals surface area contributed by atoms with E-state index in [0.717, 1.165) is 5.69 Å². The Labute approximate surface area is 104 Å². The predicted molar refractivity (Wildman–Crippen MR) is 65.8 cm³/mol. The summed E-state index contributed by atoms with van der Waals surface area (Å²) in [5.74, 6) is 0.290. The fourth-order valence-corrected chi connectivity index (χ4v) is 1.85. The molecule has 0 aliphatic carbocycles. The molecule has 2 heterocycles. The molecule has 0 saturated heterocycles. The zero-order chi connectivity index (χ0) is 13.3. The average Bonchev–Trinajstić information content (AvgIpc) is 2.92. The number of aromatic nitrogens is 2. The van der Waals surface area contributed by atoms with Gasteiger partial charge in [0.2, 0.25) is 5.89 Å². The number of rotatable bonds is 4. The van der Waals surface area contributed by atoms with Gasteiger partial charge in [0, 0.05) is 12.0 Å². The molecule has 0 aliphatic rings. The molecule has 0 radical (unpaired) electrons. The highest BCUT2D eigenvalue weighted by Crippen LogP contribution is 2.26. The lowest BCUT2D eigenvalue weighted by Gasteiger charge is -1.94. The van der Waals surface area contributed by atoms with Gasteiger partial charge in [0.15, 0.2) is 12.1 Å². The van der Waals surface area contributed by atoms with Gasteiger partial charge < -0.3 is 9.40 Å². The van der Waals surface area contributed by atoms with E-state index < -0.39 is 0 Å². The second kappa shape index (κ2) is 4.60. The van der Waals surface area contributed by atoms with Crippen molar-refractivity contribution in [2.24, 2.45) is 0 Å². The topological polar surface area (TPSA) is 76.0 Å². The van der Waals surface area contributed by atoms with Crippen molar-refractivity contribution in [1.82, 2.24) is 9.97 Å². The summed E-state index contributed by atoms with van der Waals surface area (Å²) >= 11 is 0. The van der Waals surface area contributed by atoms with Crippen LogP contribution < -0.4 is 0 Å². The van der Waals surface area contributed by atoms with E-state index in [-0.39, 0.29) is 5.78 Å². The molecular weight excluding hydrogens is 232 g/mol. The summed E-state index contributed by atoms with van der Waals surface area (Å²) in [6.45, 7) is 5.31. The van der Waals surface area contributed by atoms with Crippen LogP contribution in [0.3, 0.4) is 0 Å².